The van der Waals surface area contributed by atoms with Crippen LogP contribution in [0.4, 0.5) is 17.1 Å². The van der Waals surface area contributed by atoms with Crippen LogP contribution in [0.3, 0.4) is 0 Å². The van der Waals surface area contributed by atoms with Gasteiger partial charge in [0.15, 0.2) is 0 Å². The molecule has 7 heteroatoms. The minimum Gasteiger partial charge on any atom is -0.372 e. The second-order valence-electron chi connectivity index (χ2n) is 6.60. The Balaban J connectivity index is 2.45. The third kappa shape index (κ3) is 5.20. The van der Waals surface area contributed by atoms with Crippen molar-refractivity contribution in [1.29, 1.82) is 5.26 Å². The van der Waals surface area contributed by atoms with Crippen molar-refractivity contribution < 1.29 is 9.72 Å². The molecule has 29 heavy (non-hydrogen) atoms. The third-order valence-electron chi connectivity index (χ3n) is 4.76. The van der Waals surface area contributed by atoms with Crippen LogP contribution >= 0.6 is 0 Å². The molecular formula is C22H24N4O3. The summed E-state index contributed by atoms with van der Waals surface area (Å²) in [5.74, 6) is -0.562. The number of benzene rings is 2. The summed E-state index contributed by atoms with van der Waals surface area (Å²) in [4.78, 5) is 25.3. The zero-order valence-electron chi connectivity index (χ0n) is 17.0. The van der Waals surface area contributed by atoms with Gasteiger partial charge in [0, 0.05) is 42.2 Å². The van der Waals surface area contributed by atoms with E-state index in [1.807, 2.05) is 50.8 Å². The number of carbonyl (C=O) groups is 1. The van der Waals surface area contributed by atoms with Crippen molar-refractivity contribution in [2.45, 2.75) is 27.7 Å². The SMILES string of the molecule is CCN(CC)c1ccc([N+](=O)[O-])cc1/C=C(\C#N)C(=O)Nc1ccc(C)c(C)c1. The van der Waals surface area contributed by atoms with Gasteiger partial charge in [-0.2, -0.15) is 5.26 Å². The first-order valence-electron chi connectivity index (χ1n) is 9.34. The summed E-state index contributed by atoms with van der Waals surface area (Å²) in [6.07, 6.45) is 1.40. The summed E-state index contributed by atoms with van der Waals surface area (Å²) in [6.45, 7) is 9.22. The number of rotatable bonds is 7. The maximum atomic E-state index is 12.6. The van der Waals surface area contributed by atoms with Crippen LogP contribution in [0.2, 0.25) is 0 Å². The molecule has 0 saturated heterocycles. The number of carbonyl (C=O) groups excluding carboxylic acids is 1. The number of aryl methyl sites for hydroxylation is 2. The molecular weight excluding hydrogens is 368 g/mol. The number of nitrogens with zero attached hydrogens (tertiary/aromatic N) is 3. The normalized spacial score (nSPS) is 10.9. The second kappa shape index (κ2) is 9.51. The Kier molecular flexibility index (Phi) is 7.10. The number of nitriles is 1. The molecule has 1 N–H and O–H groups in total. The highest BCUT2D eigenvalue weighted by atomic mass is 16.6. The van der Waals surface area contributed by atoms with Gasteiger partial charge in [0.1, 0.15) is 11.6 Å². The van der Waals surface area contributed by atoms with Gasteiger partial charge in [-0.15, -0.1) is 0 Å². The number of amides is 1. The van der Waals surface area contributed by atoms with Gasteiger partial charge < -0.3 is 10.2 Å². The number of nitrogens with one attached hydrogen (secondary N) is 1. The van der Waals surface area contributed by atoms with Crippen LogP contribution in [-0.4, -0.2) is 23.9 Å². The minimum atomic E-state index is -0.562. The van der Waals surface area contributed by atoms with E-state index in [0.29, 0.717) is 24.3 Å². The van der Waals surface area contributed by atoms with Crippen LogP contribution in [0.15, 0.2) is 42.0 Å². The van der Waals surface area contributed by atoms with Crippen molar-refractivity contribution in [3.63, 3.8) is 0 Å². The van der Waals surface area contributed by atoms with E-state index in [9.17, 15) is 20.2 Å². The van der Waals surface area contributed by atoms with Crippen LogP contribution in [0.5, 0.6) is 0 Å². The number of non-ortho nitro benzene ring substituents is 1. The molecule has 0 spiro atoms. The summed E-state index contributed by atoms with van der Waals surface area (Å²) in [7, 11) is 0. The molecule has 0 unspecified atom stereocenters. The summed E-state index contributed by atoms with van der Waals surface area (Å²) >= 11 is 0. The minimum absolute atomic E-state index is 0.0981. The number of nitro groups is 1. The molecule has 2 rings (SSSR count). The molecule has 150 valence electrons. The molecule has 0 heterocycles. The Morgan fingerprint density at radius 2 is 1.86 bits per heavy atom. The average Bonchev–Trinajstić information content (AvgIpc) is 2.70. The predicted octanol–water partition coefficient (Wildman–Crippen LogP) is 4.60. The fourth-order valence-corrected chi connectivity index (χ4v) is 2.95. The predicted molar refractivity (Wildman–Crippen MR) is 115 cm³/mol. The molecule has 2 aromatic carbocycles. The molecule has 2 aromatic rings. The van der Waals surface area contributed by atoms with E-state index < -0.39 is 10.8 Å². The van der Waals surface area contributed by atoms with Crippen molar-refractivity contribution in [1.82, 2.24) is 0 Å². The largest absolute Gasteiger partial charge is 0.372 e. The Hall–Kier alpha value is -3.66. The van der Waals surface area contributed by atoms with Gasteiger partial charge in [0.05, 0.1) is 4.92 Å². The summed E-state index contributed by atoms with van der Waals surface area (Å²) in [6, 6.07) is 11.8. The maximum Gasteiger partial charge on any atom is 0.270 e. The second-order valence-corrected chi connectivity index (χ2v) is 6.60. The van der Waals surface area contributed by atoms with Crippen molar-refractivity contribution in [3.8, 4) is 6.07 Å². The number of hydrogen-bond donors (Lipinski definition) is 1. The lowest BCUT2D eigenvalue weighted by Crippen LogP contribution is -2.23. The summed E-state index contributed by atoms with van der Waals surface area (Å²) in [5, 5.41) is 23.4. The van der Waals surface area contributed by atoms with Gasteiger partial charge in [-0.25, -0.2) is 0 Å². The Bertz CT molecular complexity index is 1000. The van der Waals surface area contributed by atoms with E-state index in [-0.39, 0.29) is 11.3 Å². The molecule has 0 fully saturated rings. The molecule has 7 nitrogen and oxygen atoms in total. The van der Waals surface area contributed by atoms with Gasteiger partial charge >= 0.3 is 0 Å². The van der Waals surface area contributed by atoms with Gasteiger partial charge in [-0.05, 0) is 63.1 Å². The molecule has 0 aliphatic heterocycles. The van der Waals surface area contributed by atoms with Gasteiger partial charge in [0.25, 0.3) is 11.6 Å². The van der Waals surface area contributed by atoms with Gasteiger partial charge in [-0.1, -0.05) is 6.07 Å². The van der Waals surface area contributed by atoms with E-state index in [1.165, 1.54) is 18.2 Å². The molecule has 0 aromatic heterocycles. The number of anilines is 2. The van der Waals surface area contributed by atoms with Gasteiger partial charge in [0.2, 0.25) is 0 Å². The average molecular weight is 392 g/mol. The van der Waals surface area contributed by atoms with E-state index >= 15 is 0 Å². The first-order chi connectivity index (χ1) is 13.8. The van der Waals surface area contributed by atoms with E-state index in [4.69, 9.17) is 0 Å². The molecule has 0 saturated carbocycles. The lowest BCUT2D eigenvalue weighted by molar-refractivity contribution is -0.384. The highest BCUT2D eigenvalue weighted by Crippen LogP contribution is 2.28. The van der Waals surface area contributed by atoms with Crippen molar-refractivity contribution >= 4 is 29.0 Å². The Morgan fingerprint density at radius 3 is 2.41 bits per heavy atom. The zero-order valence-corrected chi connectivity index (χ0v) is 17.0. The Labute approximate surface area is 170 Å². The van der Waals surface area contributed by atoms with Crippen molar-refractivity contribution in [3.05, 3.63) is 68.8 Å². The highest BCUT2D eigenvalue weighted by molar-refractivity contribution is 6.10. The lowest BCUT2D eigenvalue weighted by atomic mass is 10.1. The quantitative estimate of drug-likeness (QED) is 0.321. The maximum absolute atomic E-state index is 12.6. The van der Waals surface area contributed by atoms with E-state index in [1.54, 1.807) is 12.1 Å². The first kappa shape index (κ1) is 21.6. The van der Waals surface area contributed by atoms with Crippen molar-refractivity contribution in [2.75, 3.05) is 23.3 Å². The molecule has 0 radical (unpaired) electrons. The smallest absolute Gasteiger partial charge is 0.270 e. The van der Waals surface area contributed by atoms with Gasteiger partial charge in [-0.3, -0.25) is 14.9 Å². The Morgan fingerprint density at radius 1 is 1.17 bits per heavy atom. The summed E-state index contributed by atoms with van der Waals surface area (Å²) < 4.78 is 0. The molecule has 0 aliphatic carbocycles. The molecule has 1 amide bonds. The zero-order chi connectivity index (χ0) is 21.6. The summed E-state index contributed by atoms with van der Waals surface area (Å²) in [5.41, 5.74) is 3.66. The standard InChI is InChI=1S/C22H24N4O3/c1-5-25(6-2)21-10-9-20(26(28)29)13-17(21)12-18(14-23)22(27)24-19-8-7-15(3)16(4)11-19/h7-13H,5-6H2,1-4H3,(H,24,27)/b18-12+. The lowest BCUT2D eigenvalue weighted by Gasteiger charge is -2.23. The molecule has 0 bridgehead atoms. The fraction of sp³-hybridized carbons (Fsp3) is 0.273. The van der Waals surface area contributed by atoms with Crippen LogP contribution in [0.1, 0.15) is 30.5 Å². The monoisotopic (exact) mass is 392 g/mol. The van der Waals surface area contributed by atoms with Crippen LogP contribution in [-0.2, 0) is 4.79 Å². The highest BCUT2D eigenvalue weighted by Gasteiger charge is 2.16. The van der Waals surface area contributed by atoms with Crippen LogP contribution in [0.25, 0.3) is 6.08 Å². The van der Waals surface area contributed by atoms with Crippen molar-refractivity contribution in [2.24, 2.45) is 0 Å². The van der Waals surface area contributed by atoms with Crippen LogP contribution in [0, 0.1) is 35.3 Å². The fourth-order valence-electron chi connectivity index (χ4n) is 2.95. The van der Waals surface area contributed by atoms with E-state index in [0.717, 1.165) is 16.8 Å². The third-order valence-corrected chi connectivity index (χ3v) is 4.76. The van der Waals surface area contributed by atoms with E-state index in [2.05, 4.69) is 5.32 Å². The molecule has 0 atom stereocenters. The molecule has 0 aliphatic rings. The first-order valence-corrected chi connectivity index (χ1v) is 9.34. The number of nitro benzene ring substituents is 1. The topological polar surface area (TPSA) is 99.3 Å². The number of hydrogen-bond acceptors (Lipinski definition) is 5. The van der Waals surface area contributed by atoms with Crippen LogP contribution < -0.4 is 10.2 Å².